The minimum absolute atomic E-state index is 0. The van der Waals surface area contributed by atoms with Gasteiger partial charge in [-0.05, 0) is 51.7 Å². The van der Waals surface area contributed by atoms with Crippen molar-refractivity contribution in [1.29, 1.82) is 0 Å². The van der Waals surface area contributed by atoms with E-state index in [0.717, 1.165) is 12.8 Å². The quantitative estimate of drug-likeness (QED) is 0.490. The van der Waals surface area contributed by atoms with Crippen molar-refractivity contribution < 1.29 is 50.5 Å². The first-order valence-corrected chi connectivity index (χ1v) is 9.23. The summed E-state index contributed by atoms with van der Waals surface area (Å²) in [5.74, 6) is -1.01. The van der Waals surface area contributed by atoms with Gasteiger partial charge in [-0.15, -0.1) is 0 Å². The number of barbiturate groups is 1. The Hall–Kier alpha value is -1.28. The van der Waals surface area contributed by atoms with E-state index in [2.05, 4.69) is 15.6 Å². The van der Waals surface area contributed by atoms with Gasteiger partial charge in [-0.2, -0.15) is 0 Å². The fraction of sp³-hybridized carbons (Fsp3) is 0.600. The number of urea groups is 1. The standard InChI is InChI=1S/C11H18N2O3.C5H5N.C4H10O.Na.H/c1-4-6-7(3)11(5-2)8(14)12-10(16)13-9(11)15;1-2-4-6-5-3-1;1-4(2,3)5;;/h7H,4-6H2,1-3H3,(H2,12,13,14,15,16);1-5H;5H,1-3H3;;/q;;;+1;-1. The predicted molar refractivity (Wildman–Crippen MR) is 106 cm³/mol. The van der Waals surface area contributed by atoms with E-state index in [0.29, 0.717) is 6.42 Å². The normalized spacial score (nSPS) is 16.0. The summed E-state index contributed by atoms with van der Waals surface area (Å²) in [6.45, 7) is 10.9. The van der Waals surface area contributed by atoms with Crippen molar-refractivity contribution in [2.45, 2.75) is 66.4 Å². The van der Waals surface area contributed by atoms with E-state index < -0.39 is 28.9 Å². The SMILES string of the molecule is CC(C)(C)O.CCCC(C)C1(CC)C(=O)NC(=O)NC1=O.[H-].[Na+].c1ccncc1. The minimum atomic E-state index is -1.09. The zero-order chi connectivity index (χ0) is 21.1. The number of aliphatic hydroxyl groups is 1. The summed E-state index contributed by atoms with van der Waals surface area (Å²) in [4.78, 5) is 38.6. The third-order valence-corrected chi connectivity index (χ3v) is 3.95. The van der Waals surface area contributed by atoms with Crippen LogP contribution in [0.1, 0.15) is 62.2 Å². The Morgan fingerprint density at radius 2 is 1.50 bits per heavy atom. The van der Waals surface area contributed by atoms with Crippen LogP contribution in [0.15, 0.2) is 30.6 Å². The van der Waals surface area contributed by atoms with Crippen molar-refractivity contribution >= 4 is 17.8 Å². The first-order chi connectivity index (χ1) is 12.5. The van der Waals surface area contributed by atoms with Gasteiger partial charge >= 0.3 is 35.6 Å². The topological polar surface area (TPSA) is 108 Å². The zero-order valence-corrected chi connectivity index (χ0v) is 20.2. The largest absolute Gasteiger partial charge is 1.00 e. The fourth-order valence-corrected chi connectivity index (χ4v) is 2.67. The molecule has 7 nitrogen and oxygen atoms in total. The Balaban J connectivity index is -0.000000431. The predicted octanol–water partition coefficient (Wildman–Crippen LogP) is 0.160. The molecule has 1 aromatic rings. The van der Waals surface area contributed by atoms with Crippen molar-refractivity contribution in [3.05, 3.63) is 30.6 Å². The molecule has 1 atom stereocenters. The Morgan fingerprint density at radius 1 is 1.07 bits per heavy atom. The molecular formula is C20H34N3NaO4. The van der Waals surface area contributed by atoms with E-state index in [1.54, 1.807) is 40.1 Å². The van der Waals surface area contributed by atoms with Crippen LogP contribution in [0.2, 0.25) is 0 Å². The fourth-order valence-electron chi connectivity index (χ4n) is 2.67. The Morgan fingerprint density at radius 3 is 1.75 bits per heavy atom. The van der Waals surface area contributed by atoms with Crippen molar-refractivity contribution in [2.75, 3.05) is 0 Å². The van der Waals surface area contributed by atoms with Gasteiger partial charge in [-0.25, -0.2) is 4.79 Å². The van der Waals surface area contributed by atoms with Crippen molar-refractivity contribution in [2.24, 2.45) is 11.3 Å². The number of hydrogen-bond donors (Lipinski definition) is 3. The second-order valence-electron chi connectivity index (χ2n) is 7.45. The van der Waals surface area contributed by atoms with Crippen LogP contribution in [0.4, 0.5) is 4.79 Å². The van der Waals surface area contributed by atoms with Crippen LogP contribution in [0.5, 0.6) is 0 Å². The third-order valence-electron chi connectivity index (χ3n) is 3.95. The smallest absolute Gasteiger partial charge is 1.00 e. The summed E-state index contributed by atoms with van der Waals surface area (Å²) in [5.41, 5.74) is -1.59. The molecule has 154 valence electrons. The number of carbonyl (C=O) groups is 3. The molecule has 0 aromatic carbocycles. The van der Waals surface area contributed by atoms with Gasteiger partial charge in [-0.3, -0.25) is 25.2 Å². The van der Waals surface area contributed by atoms with Gasteiger partial charge in [-0.1, -0.05) is 33.3 Å². The number of hydrogen-bond acceptors (Lipinski definition) is 5. The van der Waals surface area contributed by atoms with Gasteiger partial charge in [0.2, 0.25) is 11.8 Å². The van der Waals surface area contributed by atoms with E-state index in [4.69, 9.17) is 5.11 Å². The summed E-state index contributed by atoms with van der Waals surface area (Å²) < 4.78 is 0. The van der Waals surface area contributed by atoms with Crippen LogP contribution in [0.3, 0.4) is 0 Å². The van der Waals surface area contributed by atoms with Crippen LogP contribution >= 0.6 is 0 Å². The number of aromatic nitrogens is 1. The molecule has 8 heteroatoms. The molecule has 3 N–H and O–H groups in total. The van der Waals surface area contributed by atoms with Gasteiger partial charge < -0.3 is 6.53 Å². The minimum Gasteiger partial charge on any atom is -1.00 e. The molecule has 0 spiro atoms. The Labute approximate surface area is 191 Å². The van der Waals surface area contributed by atoms with Gasteiger partial charge in [0.25, 0.3) is 0 Å². The maximum atomic E-state index is 11.9. The molecular weight excluding hydrogens is 369 g/mol. The average Bonchev–Trinajstić information content (AvgIpc) is 2.56. The summed E-state index contributed by atoms with van der Waals surface area (Å²) >= 11 is 0. The van der Waals surface area contributed by atoms with Crippen molar-refractivity contribution in [3.8, 4) is 0 Å². The van der Waals surface area contributed by atoms with E-state index in [-0.39, 0.29) is 36.9 Å². The second kappa shape index (κ2) is 13.8. The van der Waals surface area contributed by atoms with Crippen LogP contribution < -0.4 is 40.2 Å². The molecule has 0 aliphatic carbocycles. The van der Waals surface area contributed by atoms with Crippen LogP contribution in [0.25, 0.3) is 0 Å². The van der Waals surface area contributed by atoms with Crippen molar-refractivity contribution in [1.82, 2.24) is 15.6 Å². The molecule has 1 aliphatic heterocycles. The summed E-state index contributed by atoms with van der Waals surface area (Å²) in [7, 11) is 0. The Kier molecular flexibility index (Phi) is 14.3. The second-order valence-corrected chi connectivity index (χ2v) is 7.45. The molecule has 1 saturated heterocycles. The molecule has 0 bridgehead atoms. The summed E-state index contributed by atoms with van der Waals surface area (Å²) in [5, 5.41) is 12.9. The molecule has 0 saturated carbocycles. The van der Waals surface area contributed by atoms with Crippen molar-refractivity contribution in [3.63, 3.8) is 0 Å². The molecule has 2 rings (SSSR count). The average molecular weight is 403 g/mol. The molecule has 1 aromatic heterocycles. The molecule has 4 amide bonds. The number of nitrogens with zero attached hydrogens (tertiary/aromatic N) is 1. The Bertz CT molecular complexity index is 557. The number of amides is 4. The maximum absolute atomic E-state index is 11.9. The molecule has 28 heavy (non-hydrogen) atoms. The van der Waals surface area contributed by atoms with Crippen LogP contribution in [-0.2, 0) is 9.59 Å². The molecule has 0 radical (unpaired) electrons. The van der Waals surface area contributed by atoms with Crippen LogP contribution in [-0.4, -0.2) is 33.5 Å². The van der Waals surface area contributed by atoms with E-state index in [9.17, 15) is 14.4 Å². The molecule has 1 unspecified atom stereocenters. The summed E-state index contributed by atoms with van der Waals surface area (Å²) in [6.07, 6.45) is 5.58. The zero-order valence-electron chi connectivity index (χ0n) is 19.2. The van der Waals surface area contributed by atoms with E-state index in [1.807, 2.05) is 32.0 Å². The summed E-state index contributed by atoms with van der Waals surface area (Å²) in [6, 6.07) is 5.00. The van der Waals surface area contributed by atoms with E-state index in [1.165, 1.54) is 0 Å². The van der Waals surface area contributed by atoms with Crippen LogP contribution in [0, 0.1) is 11.3 Å². The molecule has 1 aliphatic rings. The first kappa shape index (κ1) is 28.9. The molecule has 2 heterocycles. The first-order valence-electron chi connectivity index (χ1n) is 9.23. The number of imide groups is 2. The number of rotatable bonds is 4. The maximum Gasteiger partial charge on any atom is 1.00 e. The number of nitrogens with one attached hydrogen (secondary N) is 2. The van der Waals surface area contributed by atoms with Gasteiger partial charge in [0.05, 0.1) is 5.60 Å². The third kappa shape index (κ3) is 10.3. The van der Waals surface area contributed by atoms with E-state index >= 15 is 0 Å². The number of carbonyl (C=O) groups excluding carboxylic acids is 3. The van der Waals surface area contributed by atoms with Gasteiger partial charge in [0, 0.05) is 12.4 Å². The monoisotopic (exact) mass is 403 g/mol. The van der Waals surface area contributed by atoms with Gasteiger partial charge in [0.15, 0.2) is 0 Å². The molecule has 1 fully saturated rings. The number of pyridine rings is 1. The van der Waals surface area contributed by atoms with Gasteiger partial charge in [0.1, 0.15) is 5.41 Å².